The van der Waals surface area contributed by atoms with Crippen molar-refractivity contribution in [3.63, 3.8) is 0 Å². The van der Waals surface area contributed by atoms with Gasteiger partial charge >= 0.3 is 0 Å². The summed E-state index contributed by atoms with van der Waals surface area (Å²) in [7, 11) is 0. The zero-order valence-corrected chi connectivity index (χ0v) is 11.8. The summed E-state index contributed by atoms with van der Waals surface area (Å²) in [4.78, 5) is 13.9. The van der Waals surface area contributed by atoms with E-state index in [9.17, 15) is 4.79 Å². The highest BCUT2D eigenvalue weighted by atomic mass is 32.2. The van der Waals surface area contributed by atoms with Gasteiger partial charge in [0.25, 0.3) is 0 Å². The molecule has 0 aromatic carbocycles. The topological polar surface area (TPSA) is 29.5 Å². The van der Waals surface area contributed by atoms with Crippen LogP contribution in [-0.4, -0.2) is 46.6 Å². The van der Waals surface area contributed by atoms with E-state index in [1.54, 1.807) is 11.8 Å². The van der Waals surface area contributed by atoms with Gasteiger partial charge in [0.15, 0.2) is 0 Å². The molecule has 2 unspecified atom stereocenters. The van der Waals surface area contributed by atoms with Crippen molar-refractivity contribution >= 4 is 17.7 Å². The fourth-order valence-corrected chi connectivity index (χ4v) is 2.49. The lowest BCUT2D eigenvalue weighted by Gasteiger charge is -2.35. The second-order valence-corrected chi connectivity index (χ2v) is 7.26. The third-order valence-electron chi connectivity index (χ3n) is 2.40. The van der Waals surface area contributed by atoms with Crippen LogP contribution in [0.3, 0.4) is 0 Å². The molecule has 3 nitrogen and oxygen atoms in total. The fourth-order valence-electron chi connectivity index (χ4n) is 1.75. The molecule has 1 fully saturated rings. The van der Waals surface area contributed by atoms with Crippen molar-refractivity contribution in [3.05, 3.63) is 0 Å². The number of amides is 1. The number of carbonyl (C=O) groups is 1. The van der Waals surface area contributed by atoms with Gasteiger partial charge in [-0.25, -0.2) is 0 Å². The van der Waals surface area contributed by atoms with Gasteiger partial charge in [0.2, 0.25) is 5.91 Å². The van der Waals surface area contributed by atoms with Crippen LogP contribution in [0.25, 0.3) is 0 Å². The summed E-state index contributed by atoms with van der Waals surface area (Å²) in [5, 5.41) is 0. The van der Waals surface area contributed by atoms with Crippen LogP contribution in [0.1, 0.15) is 34.6 Å². The zero-order valence-electron chi connectivity index (χ0n) is 10.9. The summed E-state index contributed by atoms with van der Waals surface area (Å²) in [5.74, 6) is 0.810. The molecule has 0 aromatic rings. The van der Waals surface area contributed by atoms with Crippen LogP contribution in [0.5, 0.6) is 0 Å². The maximum Gasteiger partial charge on any atom is 0.232 e. The van der Waals surface area contributed by atoms with Crippen molar-refractivity contribution in [3.8, 4) is 0 Å². The summed E-state index contributed by atoms with van der Waals surface area (Å²) in [5.41, 5.74) is 0. The maximum absolute atomic E-state index is 12.0. The van der Waals surface area contributed by atoms with Crippen LogP contribution in [0.4, 0.5) is 0 Å². The summed E-state index contributed by atoms with van der Waals surface area (Å²) < 4.78 is 5.76. The second-order valence-electron chi connectivity index (χ2n) is 5.46. The van der Waals surface area contributed by atoms with Gasteiger partial charge < -0.3 is 9.64 Å². The molecule has 1 aliphatic heterocycles. The third kappa shape index (κ3) is 4.74. The van der Waals surface area contributed by atoms with E-state index >= 15 is 0 Å². The van der Waals surface area contributed by atoms with Crippen LogP contribution in [0.2, 0.25) is 0 Å². The van der Waals surface area contributed by atoms with Crippen LogP contribution >= 0.6 is 11.8 Å². The molecular weight excluding hydrogens is 222 g/mol. The molecule has 1 aliphatic rings. The largest absolute Gasteiger partial charge is 0.372 e. The molecule has 0 aliphatic carbocycles. The smallest absolute Gasteiger partial charge is 0.232 e. The van der Waals surface area contributed by atoms with E-state index in [1.807, 2.05) is 18.7 Å². The Morgan fingerprint density at radius 2 is 1.81 bits per heavy atom. The van der Waals surface area contributed by atoms with Crippen LogP contribution in [0.15, 0.2) is 0 Å². The Balaban J connectivity index is 2.41. The molecule has 1 rings (SSSR count). The van der Waals surface area contributed by atoms with Gasteiger partial charge in [-0.2, -0.15) is 0 Å². The minimum atomic E-state index is 0.152. The molecule has 0 aromatic heterocycles. The van der Waals surface area contributed by atoms with Crippen molar-refractivity contribution in [2.24, 2.45) is 0 Å². The third-order valence-corrected chi connectivity index (χ3v) is 3.66. The molecule has 0 N–H and O–H groups in total. The minimum absolute atomic E-state index is 0.152. The fraction of sp³-hybridized carbons (Fsp3) is 0.917. The SMILES string of the molecule is CC1CN(C(=O)CSC(C)(C)C)CC(C)O1. The number of nitrogens with zero attached hydrogens (tertiary/aromatic N) is 1. The summed E-state index contributed by atoms with van der Waals surface area (Å²) in [6.45, 7) is 11.9. The van der Waals surface area contributed by atoms with Gasteiger partial charge in [-0.05, 0) is 13.8 Å². The Labute approximate surface area is 103 Å². The lowest BCUT2D eigenvalue weighted by molar-refractivity contribution is -0.140. The maximum atomic E-state index is 12.0. The highest BCUT2D eigenvalue weighted by Gasteiger charge is 2.26. The normalized spacial score (nSPS) is 26.9. The van der Waals surface area contributed by atoms with E-state index in [2.05, 4.69) is 20.8 Å². The molecule has 16 heavy (non-hydrogen) atoms. The highest BCUT2D eigenvalue weighted by molar-refractivity contribution is 8.01. The van der Waals surface area contributed by atoms with Gasteiger partial charge in [0, 0.05) is 17.8 Å². The first-order chi connectivity index (χ1) is 7.28. The van der Waals surface area contributed by atoms with Crippen LogP contribution in [-0.2, 0) is 9.53 Å². The number of hydrogen-bond acceptors (Lipinski definition) is 3. The number of hydrogen-bond donors (Lipinski definition) is 0. The number of thioether (sulfide) groups is 1. The van der Waals surface area contributed by atoms with Crippen LogP contribution in [0, 0.1) is 0 Å². The van der Waals surface area contributed by atoms with E-state index < -0.39 is 0 Å². The van der Waals surface area contributed by atoms with Gasteiger partial charge in [-0.15, -0.1) is 11.8 Å². The molecule has 1 saturated heterocycles. The number of carbonyl (C=O) groups excluding carboxylic acids is 1. The number of rotatable bonds is 2. The molecule has 4 heteroatoms. The van der Waals surface area contributed by atoms with Gasteiger partial charge in [-0.3, -0.25) is 4.79 Å². The summed E-state index contributed by atoms with van der Waals surface area (Å²) in [6.07, 6.45) is 0.319. The van der Waals surface area contributed by atoms with E-state index in [-0.39, 0.29) is 22.9 Å². The molecule has 0 radical (unpaired) electrons. The van der Waals surface area contributed by atoms with E-state index in [0.717, 1.165) is 13.1 Å². The molecule has 0 bridgehead atoms. The minimum Gasteiger partial charge on any atom is -0.372 e. The van der Waals surface area contributed by atoms with Crippen molar-refractivity contribution in [1.82, 2.24) is 4.90 Å². The molecule has 0 spiro atoms. The first-order valence-electron chi connectivity index (χ1n) is 5.85. The number of ether oxygens (including phenoxy) is 1. The van der Waals surface area contributed by atoms with Crippen molar-refractivity contribution < 1.29 is 9.53 Å². The van der Waals surface area contributed by atoms with E-state index in [0.29, 0.717) is 5.75 Å². The van der Waals surface area contributed by atoms with Gasteiger partial charge in [-0.1, -0.05) is 20.8 Å². The van der Waals surface area contributed by atoms with Gasteiger partial charge in [0.1, 0.15) is 0 Å². The highest BCUT2D eigenvalue weighted by Crippen LogP contribution is 2.23. The summed E-state index contributed by atoms with van der Waals surface area (Å²) in [6, 6.07) is 0. The molecule has 1 amide bonds. The first-order valence-corrected chi connectivity index (χ1v) is 6.83. The Bertz CT molecular complexity index is 240. The van der Waals surface area contributed by atoms with Crippen molar-refractivity contribution in [2.45, 2.75) is 51.6 Å². The molecule has 0 saturated carbocycles. The first kappa shape index (κ1) is 13.8. The Morgan fingerprint density at radius 3 is 2.25 bits per heavy atom. The summed E-state index contributed by atoms with van der Waals surface area (Å²) >= 11 is 1.71. The average Bonchev–Trinajstić information content (AvgIpc) is 2.11. The predicted octanol–water partition coefficient (Wildman–Crippen LogP) is 2.15. The zero-order chi connectivity index (χ0) is 12.3. The lowest BCUT2D eigenvalue weighted by atomic mass is 10.2. The Kier molecular flexibility index (Phi) is 4.68. The van der Waals surface area contributed by atoms with Crippen molar-refractivity contribution in [1.29, 1.82) is 0 Å². The van der Waals surface area contributed by atoms with Crippen molar-refractivity contribution in [2.75, 3.05) is 18.8 Å². The standard InChI is InChI=1S/C12H23NO2S/c1-9-6-13(7-10(2)15-9)11(14)8-16-12(3,4)5/h9-10H,6-8H2,1-5H3. The predicted molar refractivity (Wildman–Crippen MR) is 68.8 cm³/mol. The average molecular weight is 245 g/mol. The van der Waals surface area contributed by atoms with Crippen LogP contribution < -0.4 is 0 Å². The van der Waals surface area contributed by atoms with Gasteiger partial charge in [0.05, 0.1) is 18.0 Å². The monoisotopic (exact) mass is 245 g/mol. The molecular formula is C12H23NO2S. The molecule has 94 valence electrons. The second kappa shape index (κ2) is 5.41. The Morgan fingerprint density at radius 1 is 1.31 bits per heavy atom. The quantitative estimate of drug-likeness (QED) is 0.746. The van der Waals surface area contributed by atoms with E-state index in [1.165, 1.54) is 0 Å². The Hall–Kier alpha value is -0.220. The molecule has 1 heterocycles. The number of morpholine rings is 1. The molecule has 2 atom stereocenters. The lowest BCUT2D eigenvalue weighted by Crippen LogP contribution is -2.49. The van der Waals surface area contributed by atoms with E-state index in [4.69, 9.17) is 4.74 Å².